The molecule has 2 heterocycles. The number of halogens is 3. The molecule has 170 valence electrons. The molecule has 0 aliphatic heterocycles. The number of aryl methyl sites for hydroxylation is 2. The van der Waals surface area contributed by atoms with Gasteiger partial charge in [0.2, 0.25) is 5.95 Å². The van der Waals surface area contributed by atoms with Gasteiger partial charge in [-0.05, 0) is 42.3 Å². The second kappa shape index (κ2) is 8.41. The van der Waals surface area contributed by atoms with Gasteiger partial charge in [0.15, 0.2) is 5.82 Å². The number of carbonyl (C=O) groups excluding carboxylic acids is 1. The van der Waals surface area contributed by atoms with Crippen LogP contribution in [0.15, 0.2) is 48.7 Å². The monoisotopic (exact) mass is 455 g/mol. The molecule has 0 saturated carbocycles. The van der Waals surface area contributed by atoms with Gasteiger partial charge < -0.3 is 11.1 Å². The first-order valence-electron chi connectivity index (χ1n) is 9.99. The van der Waals surface area contributed by atoms with E-state index in [4.69, 9.17) is 5.73 Å². The molecule has 4 aromatic rings. The fourth-order valence-corrected chi connectivity index (χ4v) is 3.50. The number of rotatable bonds is 4. The molecule has 2 amide bonds. The third-order valence-corrected chi connectivity index (χ3v) is 5.03. The largest absolute Gasteiger partial charge is 0.416 e. The van der Waals surface area contributed by atoms with Crippen molar-refractivity contribution in [2.75, 3.05) is 16.4 Å². The number of aromatic nitrogens is 4. The fourth-order valence-electron chi connectivity index (χ4n) is 3.50. The maximum Gasteiger partial charge on any atom is 0.416 e. The molecule has 4 N–H and O–H groups in total. The summed E-state index contributed by atoms with van der Waals surface area (Å²) < 4.78 is 40.2. The molecule has 2 aromatic carbocycles. The van der Waals surface area contributed by atoms with Gasteiger partial charge in [0.05, 0.1) is 16.8 Å². The normalized spacial score (nSPS) is 11.5. The van der Waals surface area contributed by atoms with Crippen molar-refractivity contribution in [2.24, 2.45) is 7.05 Å². The summed E-state index contributed by atoms with van der Waals surface area (Å²) in [5.74, 6) is 0.437. The van der Waals surface area contributed by atoms with E-state index in [1.807, 2.05) is 19.1 Å². The van der Waals surface area contributed by atoms with Crippen LogP contribution < -0.4 is 16.4 Å². The van der Waals surface area contributed by atoms with E-state index >= 15 is 0 Å². The Morgan fingerprint density at radius 1 is 1.15 bits per heavy atom. The Bertz CT molecular complexity index is 1350. The van der Waals surface area contributed by atoms with Gasteiger partial charge in [-0.3, -0.25) is 10.00 Å². The lowest BCUT2D eigenvalue weighted by Gasteiger charge is -2.09. The van der Waals surface area contributed by atoms with Crippen LogP contribution in [0.3, 0.4) is 0 Å². The number of fused-ring (bicyclic) bond motifs is 1. The number of benzene rings is 2. The first-order valence-corrected chi connectivity index (χ1v) is 9.99. The Kier molecular flexibility index (Phi) is 5.62. The smallest absolute Gasteiger partial charge is 0.368 e. The Morgan fingerprint density at radius 2 is 1.94 bits per heavy atom. The van der Waals surface area contributed by atoms with Gasteiger partial charge in [-0.1, -0.05) is 13.0 Å². The minimum absolute atomic E-state index is 0.0138. The van der Waals surface area contributed by atoms with E-state index in [0.717, 1.165) is 46.3 Å². The van der Waals surface area contributed by atoms with Crippen LogP contribution in [0.1, 0.15) is 18.1 Å². The minimum atomic E-state index is -4.50. The molecular formula is C22H20F3N7O. The molecule has 0 aliphatic carbocycles. The van der Waals surface area contributed by atoms with Crippen molar-refractivity contribution in [1.29, 1.82) is 0 Å². The standard InChI is InChI=1S/C22H20F3N7O/c1-3-12-7-13(8-14-11-27-20(26)30-19(12)14)17-10-18(31-32(17)2)29-21(33)28-16-6-4-5-15(9-16)22(23,24)25/h4-11H,3H2,1-2H3,(H2,26,27,30)(H2,28,29,31,33). The van der Waals surface area contributed by atoms with Gasteiger partial charge in [-0.25, -0.2) is 14.8 Å². The van der Waals surface area contributed by atoms with Gasteiger partial charge in [-0.15, -0.1) is 0 Å². The molecule has 0 saturated heterocycles. The summed E-state index contributed by atoms with van der Waals surface area (Å²) in [5, 5.41) is 10.0. The van der Waals surface area contributed by atoms with Crippen LogP contribution in [0, 0.1) is 0 Å². The van der Waals surface area contributed by atoms with Crippen LogP contribution in [0.5, 0.6) is 0 Å². The Labute approximate surface area is 186 Å². The maximum absolute atomic E-state index is 12.9. The average Bonchev–Trinajstić information content (AvgIpc) is 3.12. The van der Waals surface area contributed by atoms with Gasteiger partial charge in [0.25, 0.3) is 0 Å². The molecule has 0 spiro atoms. The van der Waals surface area contributed by atoms with Gasteiger partial charge in [-0.2, -0.15) is 18.3 Å². The second-order valence-corrected chi connectivity index (χ2v) is 7.35. The summed E-state index contributed by atoms with van der Waals surface area (Å²) in [7, 11) is 1.72. The van der Waals surface area contributed by atoms with E-state index < -0.39 is 17.8 Å². The van der Waals surface area contributed by atoms with E-state index in [0.29, 0.717) is 0 Å². The first kappa shape index (κ1) is 22.1. The number of nitrogens with one attached hydrogen (secondary N) is 2. The van der Waals surface area contributed by atoms with Crippen molar-refractivity contribution in [3.63, 3.8) is 0 Å². The molecule has 0 bridgehead atoms. The minimum Gasteiger partial charge on any atom is -0.368 e. The zero-order valence-corrected chi connectivity index (χ0v) is 17.7. The quantitative estimate of drug-likeness (QED) is 0.408. The zero-order chi connectivity index (χ0) is 23.8. The Balaban J connectivity index is 1.57. The summed E-state index contributed by atoms with van der Waals surface area (Å²) in [5.41, 5.74) is 8.19. The highest BCUT2D eigenvalue weighted by Gasteiger charge is 2.30. The SMILES string of the molecule is CCc1cc(-c2cc(NC(=O)Nc3cccc(C(F)(F)F)c3)nn2C)cc2cnc(N)nc12. The summed E-state index contributed by atoms with van der Waals surface area (Å²) >= 11 is 0. The van der Waals surface area contributed by atoms with E-state index in [1.165, 1.54) is 12.1 Å². The van der Waals surface area contributed by atoms with Crippen molar-refractivity contribution in [3.05, 3.63) is 59.8 Å². The summed E-state index contributed by atoms with van der Waals surface area (Å²) in [6, 6.07) is 9.21. The molecular weight excluding hydrogens is 435 g/mol. The Morgan fingerprint density at radius 3 is 2.67 bits per heavy atom. The predicted octanol–water partition coefficient (Wildman–Crippen LogP) is 4.84. The second-order valence-electron chi connectivity index (χ2n) is 7.35. The van der Waals surface area contributed by atoms with E-state index in [2.05, 4.69) is 25.7 Å². The van der Waals surface area contributed by atoms with Crippen molar-refractivity contribution >= 4 is 34.4 Å². The third kappa shape index (κ3) is 4.71. The lowest BCUT2D eigenvalue weighted by atomic mass is 10.0. The summed E-state index contributed by atoms with van der Waals surface area (Å²) in [4.78, 5) is 20.7. The fraction of sp³-hybridized carbons (Fsp3) is 0.182. The lowest BCUT2D eigenvalue weighted by molar-refractivity contribution is -0.137. The number of hydrogen-bond acceptors (Lipinski definition) is 5. The number of carbonyl (C=O) groups is 1. The average molecular weight is 455 g/mol. The molecule has 33 heavy (non-hydrogen) atoms. The van der Waals surface area contributed by atoms with Crippen LogP contribution >= 0.6 is 0 Å². The molecule has 0 aliphatic rings. The molecule has 11 heteroatoms. The van der Waals surface area contributed by atoms with Crippen molar-refractivity contribution in [1.82, 2.24) is 19.7 Å². The highest BCUT2D eigenvalue weighted by molar-refractivity contribution is 5.99. The highest BCUT2D eigenvalue weighted by atomic mass is 19.4. The molecule has 0 fully saturated rings. The van der Waals surface area contributed by atoms with Crippen LogP contribution in [-0.4, -0.2) is 25.8 Å². The number of nitrogen functional groups attached to an aromatic ring is 1. The van der Waals surface area contributed by atoms with Crippen molar-refractivity contribution in [2.45, 2.75) is 19.5 Å². The van der Waals surface area contributed by atoms with Crippen LogP contribution in [-0.2, 0) is 19.6 Å². The molecule has 2 aromatic heterocycles. The first-order chi connectivity index (χ1) is 15.6. The van der Waals surface area contributed by atoms with Crippen molar-refractivity contribution < 1.29 is 18.0 Å². The summed E-state index contributed by atoms with van der Waals surface area (Å²) in [6.07, 6.45) is -2.13. The zero-order valence-electron chi connectivity index (χ0n) is 17.7. The number of nitrogens with zero attached hydrogens (tertiary/aromatic N) is 4. The van der Waals surface area contributed by atoms with Crippen LogP contribution in [0.2, 0.25) is 0 Å². The Hall–Kier alpha value is -4.15. The number of nitrogens with two attached hydrogens (primary N) is 1. The van der Waals surface area contributed by atoms with E-state index in [-0.39, 0.29) is 17.5 Å². The third-order valence-electron chi connectivity index (χ3n) is 5.03. The lowest BCUT2D eigenvalue weighted by Crippen LogP contribution is -2.20. The van der Waals surface area contributed by atoms with E-state index in [9.17, 15) is 18.0 Å². The number of alkyl halides is 3. The molecule has 4 rings (SSSR count). The van der Waals surface area contributed by atoms with Gasteiger partial charge in [0, 0.05) is 35.9 Å². The maximum atomic E-state index is 12.9. The number of amides is 2. The molecule has 0 radical (unpaired) electrons. The number of anilines is 3. The van der Waals surface area contributed by atoms with Gasteiger partial charge in [0.1, 0.15) is 0 Å². The van der Waals surface area contributed by atoms with Crippen LogP contribution in [0.4, 0.5) is 35.4 Å². The molecule has 8 nitrogen and oxygen atoms in total. The molecule has 0 atom stereocenters. The van der Waals surface area contributed by atoms with Crippen LogP contribution in [0.25, 0.3) is 22.2 Å². The van der Waals surface area contributed by atoms with E-state index in [1.54, 1.807) is 24.0 Å². The predicted molar refractivity (Wildman–Crippen MR) is 120 cm³/mol. The molecule has 0 unspecified atom stereocenters. The highest BCUT2D eigenvalue weighted by Crippen LogP contribution is 2.31. The van der Waals surface area contributed by atoms with Crippen molar-refractivity contribution in [3.8, 4) is 11.3 Å². The number of urea groups is 1. The van der Waals surface area contributed by atoms with Gasteiger partial charge >= 0.3 is 12.2 Å². The number of hydrogen-bond donors (Lipinski definition) is 3. The topological polar surface area (TPSA) is 111 Å². The summed E-state index contributed by atoms with van der Waals surface area (Å²) in [6.45, 7) is 2.01.